The van der Waals surface area contributed by atoms with Crippen LogP contribution < -0.4 is 5.32 Å². The van der Waals surface area contributed by atoms with E-state index in [2.05, 4.69) is 30.3 Å². The van der Waals surface area contributed by atoms with Gasteiger partial charge in [0.05, 0.1) is 11.8 Å². The number of thiophene rings is 1. The van der Waals surface area contributed by atoms with Crippen molar-refractivity contribution in [3.8, 4) is 6.07 Å². The Morgan fingerprint density at radius 1 is 1.61 bits per heavy atom. The fraction of sp³-hybridized carbons (Fsp3) is 0.385. The van der Waals surface area contributed by atoms with Gasteiger partial charge in [-0.25, -0.2) is 0 Å². The zero-order valence-corrected chi connectivity index (χ0v) is 11.6. The second kappa shape index (κ2) is 5.34. The molecule has 2 aromatic heterocycles. The van der Waals surface area contributed by atoms with Gasteiger partial charge in [0.2, 0.25) is 0 Å². The quantitative estimate of drug-likeness (QED) is 0.919. The first-order valence-corrected chi connectivity index (χ1v) is 6.69. The van der Waals surface area contributed by atoms with Crippen molar-refractivity contribution in [1.82, 2.24) is 15.1 Å². The van der Waals surface area contributed by atoms with Crippen LogP contribution in [0.1, 0.15) is 34.7 Å². The average Bonchev–Trinajstić information content (AvgIpc) is 2.95. The lowest BCUT2D eigenvalue weighted by Gasteiger charge is -2.12. The molecule has 0 saturated carbocycles. The molecule has 0 fully saturated rings. The monoisotopic (exact) mass is 260 g/mol. The van der Waals surface area contributed by atoms with E-state index in [4.69, 9.17) is 5.26 Å². The molecule has 94 valence electrons. The largest absolute Gasteiger partial charge is 0.305 e. The van der Waals surface area contributed by atoms with Crippen LogP contribution in [0.25, 0.3) is 0 Å². The van der Waals surface area contributed by atoms with Crippen LogP contribution in [0.4, 0.5) is 0 Å². The van der Waals surface area contributed by atoms with Gasteiger partial charge >= 0.3 is 0 Å². The third-order valence-electron chi connectivity index (χ3n) is 3.11. The van der Waals surface area contributed by atoms with E-state index in [9.17, 15) is 0 Å². The molecule has 1 atom stereocenters. The van der Waals surface area contributed by atoms with E-state index in [-0.39, 0.29) is 6.04 Å². The van der Waals surface area contributed by atoms with Gasteiger partial charge in [-0.05, 0) is 19.9 Å². The molecule has 18 heavy (non-hydrogen) atoms. The highest BCUT2D eigenvalue weighted by molar-refractivity contribution is 7.10. The summed E-state index contributed by atoms with van der Waals surface area (Å²) in [6.07, 6.45) is 1.90. The lowest BCUT2D eigenvalue weighted by molar-refractivity contribution is 0.574. The Labute approximate surface area is 111 Å². The summed E-state index contributed by atoms with van der Waals surface area (Å²) in [6.45, 7) is 4.98. The normalized spacial score (nSPS) is 12.3. The molecule has 1 unspecified atom stereocenters. The number of nitriles is 1. The number of hydrogen-bond donors (Lipinski definition) is 1. The van der Waals surface area contributed by atoms with Crippen molar-refractivity contribution in [2.75, 3.05) is 0 Å². The van der Waals surface area contributed by atoms with Crippen molar-refractivity contribution in [2.24, 2.45) is 7.05 Å². The second-order valence-corrected chi connectivity index (χ2v) is 5.32. The van der Waals surface area contributed by atoms with Gasteiger partial charge in [0, 0.05) is 41.1 Å². The summed E-state index contributed by atoms with van der Waals surface area (Å²) in [7, 11) is 1.95. The molecule has 2 rings (SSSR count). The van der Waals surface area contributed by atoms with Crippen molar-refractivity contribution in [2.45, 2.75) is 26.4 Å². The topological polar surface area (TPSA) is 53.6 Å². The highest BCUT2D eigenvalue weighted by Crippen LogP contribution is 2.18. The predicted octanol–water partition coefficient (Wildman–Crippen LogP) is 2.51. The first-order valence-electron chi connectivity index (χ1n) is 5.81. The van der Waals surface area contributed by atoms with Gasteiger partial charge < -0.3 is 5.32 Å². The molecule has 0 saturated heterocycles. The van der Waals surface area contributed by atoms with E-state index in [0.717, 1.165) is 12.1 Å². The molecule has 0 bridgehead atoms. The van der Waals surface area contributed by atoms with E-state index in [1.807, 2.05) is 29.4 Å². The summed E-state index contributed by atoms with van der Waals surface area (Å²) in [5.74, 6) is 0. The van der Waals surface area contributed by atoms with Crippen molar-refractivity contribution >= 4 is 11.3 Å². The van der Waals surface area contributed by atoms with Crippen LogP contribution in [-0.4, -0.2) is 9.78 Å². The SMILES string of the molecule is Cc1c(C(C)NCc2cc(C#N)cs2)cnn1C. The summed E-state index contributed by atoms with van der Waals surface area (Å²) in [6, 6.07) is 4.34. The number of nitrogens with one attached hydrogen (secondary N) is 1. The Kier molecular flexibility index (Phi) is 3.80. The van der Waals surface area contributed by atoms with Crippen molar-refractivity contribution < 1.29 is 0 Å². The lowest BCUT2D eigenvalue weighted by Crippen LogP contribution is -2.18. The molecule has 2 aromatic rings. The molecule has 0 radical (unpaired) electrons. The summed E-state index contributed by atoms with van der Waals surface area (Å²) in [4.78, 5) is 1.18. The fourth-order valence-electron chi connectivity index (χ4n) is 1.84. The van der Waals surface area contributed by atoms with Gasteiger partial charge in [-0.3, -0.25) is 4.68 Å². The molecule has 0 aliphatic rings. The lowest BCUT2D eigenvalue weighted by atomic mass is 10.1. The summed E-state index contributed by atoms with van der Waals surface area (Å²) >= 11 is 1.61. The molecule has 0 amide bonds. The Balaban J connectivity index is 1.98. The van der Waals surface area contributed by atoms with Crippen LogP contribution in [-0.2, 0) is 13.6 Å². The minimum Gasteiger partial charge on any atom is -0.305 e. The van der Waals surface area contributed by atoms with Gasteiger partial charge in [0.25, 0.3) is 0 Å². The number of aryl methyl sites for hydroxylation is 1. The zero-order valence-electron chi connectivity index (χ0n) is 10.8. The third kappa shape index (κ3) is 2.61. The number of nitrogens with zero attached hydrogens (tertiary/aromatic N) is 3. The van der Waals surface area contributed by atoms with E-state index in [1.165, 1.54) is 16.1 Å². The van der Waals surface area contributed by atoms with Crippen LogP contribution in [0.2, 0.25) is 0 Å². The third-order valence-corrected chi connectivity index (χ3v) is 4.04. The Morgan fingerprint density at radius 2 is 2.39 bits per heavy atom. The minimum atomic E-state index is 0.256. The molecule has 0 aliphatic heterocycles. The van der Waals surface area contributed by atoms with E-state index in [1.54, 1.807) is 11.3 Å². The standard InChI is InChI=1S/C13H16N4S/c1-9(13-7-16-17(3)10(13)2)15-6-12-4-11(5-14)8-18-12/h4,7-9,15H,6H2,1-3H3. The van der Waals surface area contributed by atoms with Gasteiger partial charge in [-0.1, -0.05) is 0 Å². The van der Waals surface area contributed by atoms with E-state index < -0.39 is 0 Å². The maximum Gasteiger partial charge on any atom is 0.100 e. The zero-order chi connectivity index (χ0) is 13.1. The van der Waals surface area contributed by atoms with Crippen LogP contribution in [0.5, 0.6) is 0 Å². The Morgan fingerprint density at radius 3 is 2.94 bits per heavy atom. The molecule has 4 nitrogen and oxygen atoms in total. The van der Waals surface area contributed by atoms with Gasteiger partial charge in [-0.2, -0.15) is 10.4 Å². The minimum absolute atomic E-state index is 0.256. The maximum atomic E-state index is 8.77. The van der Waals surface area contributed by atoms with Crippen LogP contribution >= 0.6 is 11.3 Å². The van der Waals surface area contributed by atoms with Crippen molar-refractivity contribution in [1.29, 1.82) is 5.26 Å². The molecular formula is C13H16N4S. The molecule has 2 heterocycles. The first-order chi connectivity index (χ1) is 8.61. The number of hydrogen-bond acceptors (Lipinski definition) is 4. The first kappa shape index (κ1) is 12.8. The fourth-order valence-corrected chi connectivity index (χ4v) is 2.60. The molecule has 0 aromatic carbocycles. The van der Waals surface area contributed by atoms with Gasteiger partial charge in [0.15, 0.2) is 0 Å². The molecule has 1 N–H and O–H groups in total. The number of aromatic nitrogens is 2. The maximum absolute atomic E-state index is 8.77. The van der Waals surface area contributed by atoms with Crippen molar-refractivity contribution in [3.63, 3.8) is 0 Å². The molecule has 0 aliphatic carbocycles. The van der Waals surface area contributed by atoms with E-state index in [0.29, 0.717) is 0 Å². The van der Waals surface area contributed by atoms with Gasteiger partial charge in [-0.15, -0.1) is 11.3 Å². The van der Waals surface area contributed by atoms with Crippen molar-refractivity contribution in [3.05, 3.63) is 39.3 Å². The Bertz CT molecular complexity index is 576. The van der Waals surface area contributed by atoms with Crippen LogP contribution in [0.15, 0.2) is 17.6 Å². The molecule has 0 spiro atoms. The molecular weight excluding hydrogens is 244 g/mol. The highest BCUT2D eigenvalue weighted by Gasteiger charge is 2.11. The summed E-state index contributed by atoms with van der Waals surface area (Å²) in [5.41, 5.74) is 3.13. The average molecular weight is 260 g/mol. The number of rotatable bonds is 4. The van der Waals surface area contributed by atoms with Gasteiger partial charge in [0.1, 0.15) is 6.07 Å². The summed E-state index contributed by atoms with van der Waals surface area (Å²) in [5, 5.41) is 18.4. The highest BCUT2D eigenvalue weighted by atomic mass is 32.1. The Hall–Kier alpha value is -1.64. The van der Waals surface area contributed by atoms with Crippen LogP contribution in [0.3, 0.4) is 0 Å². The smallest absolute Gasteiger partial charge is 0.100 e. The summed E-state index contributed by atoms with van der Waals surface area (Å²) < 4.78 is 1.88. The van der Waals surface area contributed by atoms with E-state index >= 15 is 0 Å². The molecule has 5 heteroatoms. The predicted molar refractivity (Wildman–Crippen MR) is 72.2 cm³/mol. The second-order valence-electron chi connectivity index (χ2n) is 4.33. The van der Waals surface area contributed by atoms with Crippen LogP contribution in [0, 0.1) is 18.3 Å².